The van der Waals surface area contributed by atoms with E-state index in [4.69, 9.17) is 0 Å². The fraction of sp³-hybridized carbons (Fsp3) is 0.240. The molecule has 3 N–H and O–H groups in total. The summed E-state index contributed by atoms with van der Waals surface area (Å²) >= 11 is 1.53. The summed E-state index contributed by atoms with van der Waals surface area (Å²) in [5.41, 5.74) is 3.49. The Morgan fingerprint density at radius 2 is 1.88 bits per heavy atom. The topological polar surface area (TPSA) is 99.5 Å². The number of nitrogens with one attached hydrogen (secondary N) is 1. The molecule has 0 fully saturated rings. The molecule has 6 nitrogen and oxygen atoms in total. The molecule has 2 atom stereocenters. The standard InChI is InChI=1S/C25H26N2O4S/c1-32-13-11-22(25(30)31)27-24(29)20-10-9-17(14-21(20)18-6-3-2-4-7-18)15-23(28)19-8-5-12-26-16-19/h2-10,12,14,16,22-23,28H,11,13,15H2,1H3,(H,27,29)(H,30,31). The van der Waals surface area contributed by atoms with Gasteiger partial charge in [-0.2, -0.15) is 11.8 Å². The maximum atomic E-state index is 13.0. The van der Waals surface area contributed by atoms with Gasteiger partial charge in [-0.15, -0.1) is 0 Å². The zero-order chi connectivity index (χ0) is 22.9. The van der Waals surface area contributed by atoms with Crippen LogP contribution >= 0.6 is 11.8 Å². The van der Waals surface area contributed by atoms with Crippen LogP contribution in [0.5, 0.6) is 0 Å². The molecular formula is C25H26N2O4S. The quantitative estimate of drug-likeness (QED) is 0.432. The van der Waals surface area contributed by atoms with Crippen LogP contribution in [0, 0.1) is 0 Å². The normalized spacial score (nSPS) is 12.7. The van der Waals surface area contributed by atoms with Crippen LogP contribution in [0.4, 0.5) is 0 Å². The minimum atomic E-state index is -1.05. The van der Waals surface area contributed by atoms with Gasteiger partial charge in [0.1, 0.15) is 6.04 Å². The van der Waals surface area contributed by atoms with Gasteiger partial charge in [0.25, 0.3) is 5.91 Å². The van der Waals surface area contributed by atoms with Crippen molar-refractivity contribution in [2.75, 3.05) is 12.0 Å². The number of nitrogens with zero attached hydrogens (tertiary/aromatic N) is 1. The van der Waals surface area contributed by atoms with Gasteiger partial charge in [-0.05, 0) is 52.8 Å². The number of carboxylic acids is 1. The molecule has 0 radical (unpaired) electrons. The molecule has 2 aromatic carbocycles. The van der Waals surface area contributed by atoms with Crippen LogP contribution in [0.3, 0.4) is 0 Å². The average molecular weight is 451 g/mol. The number of thioether (sulfide) groups is 1. The van der Waals surface area contributed by atoms with Crippen LogP contribution in [0.25, 0.3) is 11.1 Å². The van der Waals surface area contributed by atoms with Gasteiger partial charge in [0.05, 0.1) is 6.10 Å². The van der Waals surface area contributed by atoms with Gasteiger partial charge in [0.2, 0.25) is 0 Å². The molecule has 0 aliphatic rings. The lowest BCUT2D eigenvalue weighted by atomic mass is 9.93. The van der Waals surface area contributed by atoms with Crippen molar-refractivity contribution in [3.05, 3.63) is 89.7 Å². The SMILES string of the molecule is CSCCC(NC(=O)c1ccc(CC(O)c2cccnc2)cc1-c1ccccc1)C(=O)O. The van der Waals surface area contributed by atoms with Crippen molar-refractivity contribution < 1.29 is 19.8 Å². The Bertz CT molecular complexity index is 1040. The van der Waals surface area contributed by atoms with Crippen molar-refractivity contribution in [1.29, 1.82) is 0 Å². The maximum absolute atomic E-state index is 13.0. The number of aliphatic hydroxyl groups is 1. The van der Waals surface area contributed by atoms with Crippen molar-refractivity contribution in [2.24, 2.45) is 0 Å². The second-order valence-corrected chi connectivity index (χ2v) is 8.38. The molecule has 0 aliphatic carbocycles. The first-order chi connectivity index (χ1) is 15.5. The summed E-state index contributed by atoms with van der Waals surface area (Å²) in [6.45, 7) is 0. The Morgan fingerprint density at radius 3 is 2.53 bits per heavy atom. The molecular weight excluding hydrogens is 424 g/mol. The fourth-order valence-corrected chi connectivity index (χ4v) is 3.89. The number of aliphatic carboxylic acids is 1. The highest BCUT2D eigenvalue weighted by atomic mass is 32.2. The third kappa shape index (κ3) is 6.18. The molecule has 0 bridgehead atoms. The predicted molar refractivity (Wildman–Crippen MR) is 127 cm³/mol. The fourth-order valence-electron chi connectivity index (χ4n) is 3.42. The van der Waals surface area contributed by atoms with Crippen LogP contribution in [0.1, 0.15) is 34.0 Å². The Balaban J connectivity index is 1.90. The Labute approximate surface area is 191 Å². The summed E-state index contributed by atoms with van der Waals surface area (Å²) in [4.78, 5) is 28.7. The molecule has 0 saturated heterocycles. The lowest BCUT2D eigenvalue weighted by molar-refractivity contribution is -0.139. The molecule has 1 amide bonds. The van der Waals surface area contributed by atoms with E-state index in [1.807, 2.05) is 48.7 Å². The maximum Gasteiger partial charge on any atom is 0.326 e. The van der Waals surface area contributed by atoms with E-state index in [9.17, 15) is 19.8 Å². The summed E-state index contributed by atoms with van der Waals surface area (Å²) in [5, 5.41) is 22.7. The Hall–Kier alpha value is -3.16. The van der Waals surface area contributed by atoms with Crippen LogP contribution in [-0.4, -0.2) is 45.1 Å². The highest BCUT2D eigenvalue weighted by Gasteiger charge is 2.22. The van der Waals surface area contributed by atoms with Crippen molar-refractivity contribution >= 4 is 23.6 Å². The molecule has 166 valence electrons. The number of aromatic nitrogens is 1. The predicted octanol–water partition coefficient (Wildman–Crippen LogP) is 3.96. The minimum Gasteiger partial charge on any atom is -0.480 e. The second-order valence-electron chi connectivity index (χ2n) is 7.40. The van der Waals surface area contributed by atoms with E-state index in [0.29, 0.717) is 35.3 Å². The lowest BCUT2D eigenvalue weighted by Gasteiger charge is -2.17. The van der Waals surface area contributed by atoms with Crippen LogP contribution in [-0.2, 0) is 11.2 Å². The van der Waals surface area contributed by atoms with E-state index in [1.165, 1.54) is 11.8 Å². The van der Waals surface area contributed by atoms with E-state index >= 15 is 0 Å². The smallest absolute Gasteiger partial charge is 0.326 e. The monoisotopic (exact) mass is 450 g/mol. The number of aliphatic hydroxyl groups excluding tert-OH is 1. The molecule has 32 heavy (non-hydrogen) atoms. The van der Waals surface area contributed by atoms with Crippen LogP contribution < -0.4 is 5.32 Å². The first-order valence-electron chi connectivity index (χ1n) is 10.3. The first kappa shape index (κ1) is 23.5. The average Bonchev–Trinajstić information content (AvgIpc) is 2.82. The van der Waals surface area contributed by atoms with Crippen molar-refractivity contribution in [3.63, 3.8) is 0 Å². The van der Waals surface area contributed by atoms with Gasteiger partial charge in [-0.1, -0.05) is 48.5 Å². The number of hydrogen-bond donors (Lipinski definition) is 3. The highest BCUT2D eigenvalue weighted by molar-refractivity contribution is 7.98. The molecule has 1 aromatic heterocycles. The second kappa shape index (κ2) is 11.5. The number of hydrogen-bond acceptors (Lipinski definition) is 5. The van der Waals surface area contributed by atoms with E-state index in [1.54, 1.807) is 30.6 Å². The molecule has 3 aromatic rings. The summed E-state index contributed by atoms with van der Waals surface area (Å²) in [6, 6.07) is 17.4. The number of carbonyl (C=O) groups excluding carboxylic acids is 1. The number of benzene rings is 2. The number of carboxylic acid groups (broad SMARTS) is 1. The molecule has 0 saturated carbocycles. The first-order valence-corrected chi connectivity index (χ1v) is 11.7. The third-order valence-electron chi connectivity index (χ3n) is 5.13. The zero-order valence-corrected chi connectivity index (χ0v) is 18.6. The molecule has 7 heteroatoms. The molecule has 2 unspecified atom stereocenters. The van der Waals surface area contributed by atoms with E-state index in [2.05, 4.69) is 10.3 Å². The zero-order valence-electron chi connectivity index (χ0n) is 17.8. The molecule has 3 rings (SSSR count). The van der Waals surface area contributed by atoms with Gasteiger partial charge in [0, 0.05) is 24.4 Å². The van der Waals surface area contributed by atoms with Crippen LogP contribution in [0.2, 0.25) is 0 Å². The van der Waals surface area contributed by atoms with Gasteiger partial charge < -0.3 is 15.5 Å². The van der Waals surface area contributed by atoms with Crippen LogP contribution in [0.15, 0.2) is 73.1 Å². The van der Waals surface area contributed by atoms with Crippen molar-refractivity contribution in [1.82, 2.24) is 10.3 Å². The number of pyridine rings is 1. The number of rotatable bonds is 10. The van der Waals surface area contributed by atoms with Crippen molar-refractivity contribution in [2.45, 2.75) is 25.0 Å². The van der Waals surface area contributed by atoms with Gasteiger partial charge in [-0.25, -0.2) is 4.79 Å². The Kier molecular flexibility index (Phi) is 8.41. The van der Waals surface area contributed by atoms with Gasteiger partial charge in [-0.3, -0.25) is 9.78 Å². The summed E-state index contributed by atoms with van der Waals surface area (Å²) < 4.78 is 0. The summed E-state index contributed by atoms with van der Waals surface area (Å²) in [7, 11) is 0. The Morgan fingerprint density at radius 1 is 1.09 bits per heavy atom. The third-order valence-corrected chi connectivity index (χ3v) is 5.77. The minimum absolute atomic E-state index is 0.346. The summed E-state index contributed by atoms with van der Waals surface area (Å²) in [5.74, 6) is -0.852. The van der Waals surface area contributed by atoms with E-state index in [-0.39, 0.29) is 0 Å². The van der Waals surface area contributed by atoms with Gasteiger partial charge in [0.15, 0.2) is 0 Å². The molecule has 1 heterocycles. The van der Waals surface area contributed by atoms with Crippen molar-refractivity contribution in [3.8, 4) is 11.1 Å². The van der Waals surface area contributed by atoms with E-state index < -0.39 is 24.0 Å². The number of amides is 1. The molecule has 0 spiro atoms. The number of carbonyl (C=O) groups is 2. The lowest BCUT2D eigenvalue weighted by Crippen LogP contribution is -2.41. The summed E-state index contributed by atoms with van der Waals surface area (Å²) in [6.07, 6.45) is 5.16. The van der Waals surface area contributed by atoms with Gasteiger partial charge >= 0.3 is 5.97 Å². The highest BCUT2D eigenvalue weighted by Crippen LogP contribution is 2.27. The molecule has 0 aliphatic heterocycles. The largest absolute Gasteiger partial charge is 0.480 e. The van der Waals surface area contributed by atoms with E-state index in [0.717, 1.165) is 11.1 Å².